The standard InChI is InChI=1S/C26H41NO5Si/c1-9-10-16-20-22-23(32-26(5,6)31-22)21(18-30-33(7,8)25(2,3)4)27(20)24(28)29-17-19-14-12-11-13-15-19/h9,11-15,20-23H,1,10,16-18H2,2-8H3/t20-,21-,22+,23-/m1/s1. The second kappa shape index (κ2) is 9.90. The van der Waals surface area contributed by atoms with Crippen molar-refractivity contribution in [3.63, 3.8) is 0 Å². The number of carbonyl (C=O) groups is 1. The van der Waals surface area contributed by atoms with Crippen LogP contribution in [0.25, 0.3) is 0 Å². The van der Waals surface area contributed by atoms with Crippen molar-refractivity contribution in [1.29, 1.82) is 0 Å². The number of benzene rings is 1. The summed E-state index contributed by atoms with van der Waals surface area (Å²) < 4.78 is 25.0. The third-order valence-electron chi connectivity index (χ3n) is 7.14. The number of likely N-dealkylation sites (tertiary alicyclic amines) is 1. The van der Waals surface area contributed by atoms with Crippen LogP contribution in [0.4, 0.5) is 4.79 Å². The SMILES string of the molecule is C=CCC[C@@H]1[C@@H]2OC(C)(C)O[C@@H]2[C@@H](CO[Si](C)(C)C(C)(C)C)N1C(=O)OCc1ccccc1. The maximum Gasteiger partial charge on any atom is 0.410 e. The Hall–Kier alpha value is -1.67. The molecule has 0 bridgehead atoms. The number of hydrogen-bond donors (Lipinski definition) is 0. The summed E-state index contributed by atoms with van der Waals surface area (Å²) in [5, 5.41) is 0.0677. The molecular formula is C26H41NO5Si. The molecule has 2 fully saturated rings. The van der Waals surface area contributed by atoms with Crippen LogP contribution in [0.3, 0.4) is 0 Å². The highest BCUT2D eigenvalue weighted by atomic mass is 28.4. The number of carbonyl (C=O) groups excluding carboxylic acids is 1. The molecule has 4 atom stereocenters. The van der Waals surface area contributed by atoms with Crippen LogP contribution >= 0.6 is 0 Å². The minimum atomic E-state index is -2.03. The monoisotopic (exact) mass is 475 g/mol. The third kappa shape index (κ3) is 5.88. The van der Waals surface area contributed by atoms with E-state index in [4.69, 9.17) is 18.6 Å². The molecule has 2 saturated heterocycles. The van der Waals surface area contributed by atoms with Crippen LogP contribution in [0.15, 0.2) is 43.0 Å². The van der Waals surface area contributed by atoms with Crippen LogP contribution in [0.5, 0.6) is 0 Å². The van der Waals surface area contributed by atoms with E-state index in [0.717, 1.165) is 18.4 Å². The van der Waals surface area contributed by atoms with Gasteiger partial charge in [0.25, 0.3) is 0 Å². The molecule has 0 radical (unpaired) electrons. The maximum atomic E-state index is 13.4. The molecule has 33 heavy (non-hydrogen) atoms. The predicted molar refractivity (Wildman–Crippen MR) is 132 cm³/mol. The quantitative estimate of drug-likeness (QED) is 0.347. The van der Waals surface area contributed by atoms with Gasteiger partial charge in [-0.1, -0.05) is 57.2 Å². The highest BCUT2D eigenvalue weighted by molar-refractivity contribution is 6.74. The van der Waals surface area contributed by atoms with Gasteiger partial charge in [0.2, 0.25) is 0 Å². The molecule has 184 valence electrons. The molecule has 1 aromatic rings. The molecule has 0 aromatic heterocycles. The first-order valence-corrected chi connectivity index (χ1v) is 14.9. The zero-order chi connectivity index (χ0) is 24.4. The number of amides is 1. The Kier molecular flexibility index (Phi) is 7.78. The molecule has 0 unspecified atom stereocenters. The molecule has 0 aliphatic carbocycles. The molecule has 1 aromatic carbocycles. The minimum absolute atomic E-state index is 0.0677. The van der Waals surface area contributed by atoms with Crippen LogP contribution in [-0.2, 0) is 25.2 Å². The van der Waals surface area contributed by atoms with Gasteiger partial charge in [-0.05, 0) is 50.4 Å². The maximum absolute atomic E-state index is 13.4. The molecule has 1 amide bonds. The number of nitrogens with zero attached hydrogens (tertiary/aromatic N) is 1. The van der Waals surface area contributed by atoms with Crippen molar-refractivity contribution in [3.05, 3.63) is 48.6 Å². The number of ether oxygens (including phenoxy) is 3. The first kappa shape index (κ1) is 25.9. The average Bonchev–Trinajstić information content (AvgIpc) is 3.19. The van der Waals surface area contributed by atoms with E-state index in [1.54, 1.807) is 0 Å². The summed E-state index contributed by atoms with van der Waals surface area (Å²) in [6.45, 7) is 19.5. The molecule has 2 aliphatic heterocycles. The van der Waals surface area contributed by atoms with Crippen molar-refractivity contribution in [1.82, 2.24) is 4.90 Å². The number of rotatable bonds is 8. The van der Waals surface area contributed by atoms with Crippen molar-refractivity contribution in [3.8, 4) is 0 Å². The van der Waals surface area contributed by atoms with E-state index >= 15 is 0 Å². The lowest BCUT2D eigenvalue weighted by Crippen LogP contribution is -2.51. The Labute approximate surface area is 200 Å². The second-order valence-corrected chi connectivity index (χ2v) is 15.9. The number of hydrogen-bond acceptors (Lipinski definition) is 5. The van der Waals surface area contributed by atoms with E-state index in [1.165, 1.54) is 0 Å². The lowest BCUT2D eigenvalue weighted by atomic mass is 10.0. The Bertz CT molecular complexity index is 820. The lowest BCUT2D eigenvalue weighted by Gasteiger charge is -2.39. The molecule has 3 rings (SSSR count). The van der Waals surface area contributed by atoms with Crippen LogP contribution in [0, 0.1) is 0 Å². The van der Waals surface area contributed by atoms with Gasteiger partial charge in [-0.2, -0.15) is 0 Å². The van der Waals surface area contributed by atoms with Gasteiger partial charge >= 0.3 is 6.09 Å². The largest absolute Gasteiger partial charge is 0.445 e. The molecule has 2 aliphatic rings. The summed E-state index contributed by atoms with van der Waals surface area (Å²) in [4.78, 5) is 15.3. The molecule has 6 nitrogen and oxygen atoms in total. The topological polar surface area (TPSA) is 57.2 Å². The smallest absolute Gasteiger partial charge is 0.410 e. The second-order valence-electron chi connectivity index (χ2n) is 11.1. The summed E-state index contributed by atoms with van der Waals surface area (Å²) >= 11 is 0. The zero-order valence-electron chi connectivity index (χ0n) is 21.3. The van der Waals surface area contributed by atoms with Gasteiger partial charge in [0, 0.05) is 0 Å². The molecule has 0 N–H and O–H groups in total. The summed E-state index contributed by atoms with van der Waals surface area (Å²) in [6, 6.07) is 9.30. The van der Waals surface area contributed by atoms with Crippen LogP contribution < -0.4 is 0 Å². The van der Waals surface area contributed by atoms with Crippen molar-refractivity contribution >= 4 is 14.4 Å². The van der Waals surface area contributed by atoms with Crippen molar-refractivity contribution < 1.29 is 23.4 Å². The number of allylic oxidation sites excluding steroid dienone is 1. The van der Waals surface area contributed by atoms with Crippen LogP contribution in [0.1, 0.15) is 53.0 Å². The predicted octanol–water partition coefficient (Wildman–Crippen LogP) is 5.88. The highest BCUT2D eigenvalue weighted by Gasteiger charge is 2.59. The van der Waals surface area contributed by atoms with Gasteiger partial charge in [0.15, 0.2) is 14.1 Å². The van der Waals surface area contributed by atoms with E-state index in [1.807, 2.05) is 55.2 Å². The summed E-state index contributed by atoms with van der Waals surface area (Å²) in [5.41, 5.74) is 0.954. The Morgan fingerprint density at radius 1 is 1.15 bits per heavy atom. The van der Waals surface area contributed by atoms with E-state index in [9.17, 15) is 4.79 Å². The molecule has 0 saturated carbocycles. The molecule has 2 heterocycles. The lowest BCUT2D eigenvalue weighted by molar-refractivity contribution is -0.167. The van der Waals surface area contributed by atoms with Crippen molar-refractivity contribution in [2.24, 2.45) is 0 Å². The molecule has 7 heteroatoms. The molecular weight excluding hydrogens is 434 g/mol. The summed E-state index contributed by atoms with van der Waals surface area (Å²) in [7, 11) is -2.03. The van der Waals surface area contributed by atoms with Crippen molar-refractivity contribution in [2.75, 3.05) is 6.61 Å². The first-order chi connectivity index (χ1) is 15.4. The summed E-state index contributed by atoms with van der Waals surface area (Å²) in [5.74, 6) is -0.697. The fraction of sp³-hybridized carbons (Fsp3) is 0.654. The van der Waals surface area contributed by atoms with Gasteiger partial charge in [-0.15, -0.1) is 6.58 Å². The van der Waals surface area contributed by atoms with Gasteiger partial charge in [-0.3, -0.25) is 4.90 Å². The van der Waals surface area contributed by atoms with Gasteiger partial charge in [0.05, 0.1) is 18.7 Å². The first-order valence-electron chi connectivity index (χ1n) is 12.0. The van der Waals surface area contributed by atoms with Gasteiger partial charge < -0.3 is 18.6 Å². The van der Waals surface area contributed by atoms with E-state index in [2.05, 4.69) is 40.4 Å². The van der Waals surface area contributed by atoms with Gasteiger partial charge in [-0.25, -0.2) is 4.79 Å². The van der Waals surface area contributed by atoms with E-state index < -0.39 is 14.1 Å². The Morgan fingerprint density at radius 3 is 2.33 bits per heavy atom. The van der Waals surface area contributed by atoms with E-state index in [-0.39, 0.29) is 42.0 Å². The third-order valence-corrected chi connectivity index (χ3v) is 11.6. The van der Waals surface area contributed by atoms with Crippen LogP contribution in [-0.4, -0.2) is 56.0 Å². The minimum Gasteiger partial charge on any atom is -0.445 e. The van der Waals surface area contributed by atoms with Crippen LogP contribution in [0.2, 0.25) is 18.1 Å². The number of fused-ring (bicyclic) bond motifs is 1. The average molecular weight is 476 g/mol. The fourth-order valence-electron chi connectivity index (χ4n) is 4.32. The Morgan fingerprint density at radius 2 is 1.76 bits per heavy atom. The highest BCUT2D eigenvalue weighted by Crippen LogP contribution is 2.43. The normalized spacial score (nSPS) is 26.8. The van der Waals surface area contributed by atoms with E-state index in [0.29, 0.717) is 6.61 Å². The van der Waals surface area contributed by atoms with Gasteiger partial charge in [0.1, 0.15) is 18.8 Å². The molecule has 0 spiro atoms. The Balaban J connectivity index is 1.85. The fourth-order valence-corrected chi connectivity index (χ4v) is 5.34. The zero-order valence-corrected chi connectivity index (χ0v) is 22.3. The van der Waals surface area contributed by atoms with Crippen molar-refractivity contribution in [2.45, 2.75) is 102 Å². The summed E-state index contributed by atoms with van der Waals surface area (Å²) in [6.07, 6.45) is 2.55.